The molecule has 1 fully saturated rings. The molecule has 0 spiro atoms. The normalized spacial score (nSPS) is 20.0. The van der Waals surface area contributed by atoms with Crippen LogP contribution in [0.4, 0.5) is 10.5 Å². The molecular weight excluding hydrogens is 358 g/mol. The maximum absolute atomic E-state index is 12.7. The number of anilines is 1. The number of hydrogen-bond donors (Lipinski definition) is 2. The first-order valence-electron chi connectivity index (χ1n) is 9.64. The smallest absolute Gasteiger partial charge is 0.338 e. The maximum Gasteiger partial charge on any atom is 0.338 e. The van der Waals surface area contributed by atoms with Gasteiger partial charge in [0.15, 0.2) is 0 Å². The van der Waals surface area contributed by atoms with Gasteiger partial charge in [-0.15, -0.1) is 0 Å². The minimum atomic E-state index is -0.605. The van der Waals surface area contributed by atoms with Gasteiger partial charge < -0.3 is 20.3 Å². The predicted molar refractivity (Wildman–Crippen MR) is 105 cm³/mol. The number of carbonyl (C=O) groups excluding carboxylic acids is 3. The summed E-state index contributed by atoms with van der Waals surface area (Å²) >= 11 is 0. The molecule has 28 heavy (non-hydrogen) atoms. The van der Waals surface area contributed by atoms with Crippen LogP contribution in [0.25, 0.3) is 0 Å². The fraction of sp³-hybridized carbons (Fsp3) is 0.476. The van der Waals surface area contributed by atoms with Gasteiger partial charge in [0.05, 0.1) is 17.7 Å². The Kier molecular flexibility index (Phi) is 5.72. The summed E-state index contributed by atoms with van der Waals surface area (Å²) in [4.78, 5) is 38.5. The van der Waals surface area contributed by atoms with Gasteiger partial charge in [0, 0.05) is 24.4 Å². The van der Waals surface area contributed by atoms with Crippen molar-refractivity contribution >= 4 is 23.6 Å². The summed E-state index contributed by atoms with van der Waals surface area (Å²) in [6.45, 7) is 5.30. The highest BCUT2D eigenvalue weighted by Gasteiger charge is 2.35. The van der Waals surface area contributed by atoms with Crippen molar-refractivity contribution in [2.45, 2.75) is 52.2 Å². The number of carbonyl (C=O) groups is 3. The van der Waals surface area contributed by atoms with Crippen LogP contribution in [0.5, 0.6) is 0 Å². The largest absolute Gasteiger partial charge is 0.459 e. The summed E-state index contributed by atoms with van der Waals surface area (Å²) in [6.07, 6.45) is 2.72. The van der Waals surface area contributed by atoms with Crippen LogP contribution in [-0.2, 0) is 14.3 Å². The Labute approximate surface area is 165 Å². The first-order valence-corrected chi connectivity index (χ1v) is 9.64. The zero-order valence-corrected chi connectivity index (χ0v) is 16.7. The lowest BCUT2D eigenvalue weighted by molar-refractivity contribution is -0.143. The second kappa shape index (κ2) is 8.04. The van der Waals surface area contributed by atoms with Gasteiger partial charge in [-0.1, -0.05) is 18.6 Å². The highest BCUT2D eigenvalue weighted by molar-refractivity contribution is 5.95. The van der Waals surface area contributed by atoms with E-state index in [0.29, 0.717) is 17.0 Å². The molecule has 1 aromatic rings. The van der Waals surface area contributed by atoms with Crippen molar-refractivity contribution in [1.82, 2.24) is 10.2 Å². The van der Waals surface area contributed by atoms with Gasteiger partial charge in [-0.3, -0.25) is 4.79 Å². The molecule has 150 valence electrons. The number of urea groups is 1. The summed E-state index contributed by atoms with van der Waals surface area (Å²) in [6, 6.07) is 6.30. The fourth-order valence-corrected chi connectivity index (χ4v) is 3.30. The molecule has 0 bridgehead atoms. The number of amides is 3. The summed E-state index contributed by atoms with van der Waals surface area (Å²) < 4.78 is 5.39. The molecule has 0 radical (unpaired) electrons. The van der Waals surface area contributed by atoms with E-state index in [0.717, 1.165) is 24.8 Å². The van der Waals surface area contributed by atoms with E-state index in [-0.39, 0.29) is 24.0 Å². The number of nitrogens with one attached hydrogen (secondary N) is 2. The number of nitrogens with zero attached hydrogens (tertiary/aromatic N) is 1. The number of esters is 1. The van der Waals surface area contributed by atoms with Crippen molar-refractivity contribution in [2.24, 2.45) is 5.92 Å². The summed E-state index contributed by atoms with van der Waals surface area (Å²) in [7, 11) is 1.61. The van der Waals surface area contributed by atoms with Gasteiger partial charge in [-0.05, 0) is 51.3 Å². The quantitative estimate of drug-likeness (QED) is 0.761. The number of rotatable bonds is 5. The van der Waals surface area contributed by atoms with Gasteiger partial charge in [0.25, 0.3) is 0 Å². The van der Waals surface area contributed by atoms with E-state index < -0.39 is 12.0 Å². The van der Waals surface area contributed by atoms with Gasteiger partial charge in [-0.25, -0.2) is 9.59 Å². The van der Waals surface area contributed by atoms with E-state index in [2.05, 4.69) is 10.6 Å². The van der Waals surface area contributed by atoms with Gasteiger partial charge in [-0.2, -0.15) is 0 Å². The van der Waals surface area contributed by atoms with Gasteiger partial charge in [0.2, 0.25) is 5.91 Å². The molecule has 1 aromatic carbocycles. The van der Waals surface area contributed by atoms with Crippen molar-refractivity contribution in [1.29, 1.82) is 0 Å². The van der Waals surface area contributed by atoms with Crippen LogP contribution in [0.2, 0.25) is 0 Å². The molecule has 7 heteroatoms. The van der Waals surface area contributed by atoms with Crippen LogP contribution < -0.4 is 10.6 Å². The van der Waals surface area contributed by atoms with Crippen molar-refractivity contribution < 1.29 is 19.1 Å². The lowest BCUT2D eigenvalue weighted by Gasteiger charge is -2.33. The number of ether oxygens (including phenoxy) is 1. The third-order valence-electron chi connectivity index (χ3n) is 5.30. The minimum absolute atomic E-state index is 0.0449. The number of hydrogen-bond acceptors (Lipinski definition) is 4. The topological polar surface area (TPSA) is 87.7 Å². The minimum Gasteiger partial charge on any atom is -0.459 e. The zero-order chi connectivity index (χ0) is 20.4. The number of allylic oxidation sites excluding steroid dienone is 1. The highest BCUT2D eigenvalue weighted by Crippen LogP contribution is 2.32. The summed E-state index contributed by atoms with van der Waals surface area (Å²) in [5.74, 6) is -0.300. The molecule has 1 atom stereocenters. The molecule has 3 amide bonds. The monoisotopic (exact) mass is 385 g/mol. The predicted octanol–water partition coefficient (Wildman–Crippen LogP) is 3.35. The highest BCUT2D eigenvalue weighted by atomic mass is 16.5. The lowest BCUT2D eigenvalue weighted by atomic mass is 9.85. The van der Waals surface area contributed by atoms with E-state index in [9.17, 15) is 14.4 Å². The Morgan fingerprint density at radius 3 is 2.39 bits per heavy atom. The molecule has 0 saturated heterocycles. The number of benzene rings is 1. The van der Waals surface area contributed by atoms with Gasteiger partial charge in [0.1, 0.15) is 0 Å². The molecule has 1 aliphatic carbocycles. The molecule has 1 saturated carbocycles. The standard InChI is InChI=1S/C21H27N3O4/c1-12(2)28-20(26)17-13(3)24(4)21(27)23-18(17)14-8-10-16(11-9-14)22-19(25)15-6-5-7-15/h8-12,15,18H,5-7H2,1-4H3,(H,22,25)(H,23,27)/t18-/m1/s1. The van der Waals surface area contributed by atoms with Crippen LogP contribution in [-0.4, -0.2) is 36.0 Å². The Morgan fingerprint density at radius 1 is 1.21 bits per heavy atom. The van der Waals surface area contributed by atoms with Crippen LogP contribution in [0, 0.1) is 5.92 Å². The molecule has 2 aliphatic rings. The molecule has 1 heterocycles. The van der Waals surface area contributed by atoms with Crippen molar-refractivity contribution in [3.63, 3.8) is 0 Å². The van der Waals surface area contributed by atoms with E-state index >= 15 is 0 Å². The molecule has 1 aliphatic heterocycles. The van der Waals surface area contributed by atoms with E-state index in [4.69, 9.17) is 4.74 Å². The fourth-order valence-electron chi connectivity index (χ4n) is 3.30. The van der Waals surface area contributed by atoms with Crippen molar-refractivity contribution in [2.75, 3.05) is 12.4 Å². The first-order chi connectivity index (χ1) is 13.3. The second-order valence-electron chi connectivity index (χ2n) is 7.63. The third kappa shape index (κ3) is 4.03. The van der Waals surface area contributed by atoms with Crippen molar-refractivity contribution in [3.05, 3.63) is 41.1 Å². The average Bonchev–Trinajstić information content (AvgIpc) is 2.57. The average molecular weight is 385 g/mol. The van der Waals surface area contributed by atoms with Crippen LogP contribution in [0.3, 0.4) is 0 Å². The Bertz CT molecular complexity index is 809. The third-order valence-corrected chi connectivity index (χ3v) is 5.30. The molecule has 2 N–H and O–H groups in total. The zero-order valence-electron chi connectivity index (χ0n) is 16.7. The molecule has 0 aromatic heterocycles. The summed E-state index contributed by atoms with van der Waals surface area (Å²) in [5.41, 5.74) is 2.41. The van der Waals surface area contributed by atoms with Crippen molar-refractivity contribution in [3.8, 4) is 0 Å². The Balaban J connectivity index is 1.83. The second-order valence-corrected chi connectivity index (χ2v) is 7.63. The SMILES string of the molecule is CC1=C(C(=O)OC(C)C)[C@@H](c2ccc(NC(=O)C3CCC3)cc2)NC(=O)N1C. The lowest BCUT2D eigenvalue weighted by Crippen LogP contribution is -2.46. The molecule has 7 nitrogen and oxygen atoms in total. The van der Waals surface area contributed by atoms with Crippen LogP contribution in [0.15, 0.2) is 35.5 Å². The van der Waals surface area contributed by atoms with Crippen LogP contribution in [0.1, 0.15) is 51.6 Å². The van der Waals surface area contributed by atoms with Crippen LogP contribution >= 0.6 is 0 Å². The summed E-state index contributed by atoms with van der Waals surface area (Å²) in [5, 5.41) is 5.78. The Hall–Kier alpha value is -2.83. The Morgan fingerprint density at radius 2 is 1.86 bits per heavy atom. The van der Waals surface area contributed by atoms with E-state index in [1.165, 1.54) is 4.90 Å². The van der Waals surface area contributed by atoms with E-state index in [1.807, 2.05) is 12.1 Å². The van der Waals surface area contributed by atoms with Gasteiger partial charge >= 0.3 is 12.0 Å². The molecule has 3 rings (SSSR count). The molecular formula is C21H27N3O4. The first kappa shape index (κ1) is 19.9. The molecule has 0 unspecified atom stereocenters. The maximum atomic E-state index is 12.7. The van der Waals surface area contributed by atoms with E-state index in [1.54, 1.807) is 40.0 Å².